The molecular weight excluding hydrogens is 417 g/mol. The van der Waals surface area contributed by atoms with E-state index in [9.17, 15) is 19.1 Å². The normalized spacial score (nSPS) is 16.2. The highest BCUT2D eigenvalue weighted by Crippen LogP contribution is 2.37. The number of ketones is 1. The smallest absolute Gasteiger partial charge is 0.290 e. The summed E-state index contributed by atoms with van der Waals surface area (Å²) in [6.45, 7) is 4.08. The Kier molecular flexibility index (Phi) is 12.2. The minimum atomic E-state index is -0.641. The van der Waals surface area contributed by atoms with E-state index in [1.807, 2.05) is 0 Å². The number of hydrogen-bond donors (Lipinski definition) is 1. The number of unbranched alkanes of at least 4 members (excludes halogenated alkanes) is 13. The molecule has 5 heteroatoms. The molecule has 33 heavy (non-hydrogen) atoms. The van der Waals surface area contributed by atoms with Gasteiger partial charge in [0, 0.05) is 6.54 Å². The molecule has 1 amide bonds. The van der Waals surface area contributed by atoms with Crippen LogP contribution in [0.4, 0.5) is 4.39 Å². The third kappa shape index (κ3) is 8.60. The summed E-state index contributed by atoms with van der Waals surface area (Å²) in [4.78, 5) is 26.3. The molecule has 0 radical (unpaired) electrons. The number of aliphatic hydroxyl groups excluding tert-OH is 1. The molecule has 0 spiro atoms. The minimum Gasteiger partial charge on any atom is -0.503 e. The van der Waals surface area contributed by atoms with Crippen molar-refractivity contribution in [2.24, 2.45) is 0 Å². The van der Waals surface area contributed by atoms with Crippen molar-refractivity contribution in [3.63, 3.8) is 0 Å². The van der Waals surface area contributed by atoms with Crippen LogP contribution in [-0.2, 0) is 9.59 Å². The number of rotatable bonds is 17. The van der Waals surface area contributed by atoms with Crippen molar-refractivity contribution in [2.75, 3.05) is 6.54 Å². The molecule has 1 heterocycles. The first-order chi connectivity index (χ1) is 16.0. The number of Topliss-reactive ketones (excluding diaryl/α,β-unsaturated/α-hetero) is 1. The second-order valence-electron chi connectivity index (χ2n) is 9.37. The standard InChI is InChI=1S/C28H42FNO3/c1-3-4-5-6-7-8-9-10-11-12-13-14-15-16-21-30-26(23-17-19-24(29)20-18-23)25(22(2)31)27(32)28(30)33/h17-20,26,32H,3-16,21H2,1-2H3/t26-/m0/s1. The van der Waals surface area contributed by atoms with Gasteiger partial charge in [0.05, 0.1) is 11.6 Å². The first kappa shape index (κ1) is 27.1. The van der Waals surface area contributed by atoms with Gasteiger partial charge in [-0.25, -0.2) is 4.39 Å². The van der Waals surface area contributed by atoms with Gasteiger partial charge in [0.1, 0.15) is 5.82 Å². The van der Waals surface area contributed by atoms with Crippen LogP contribution in [0.25, 0.3) is 0 Å². The van der Waals surface area contributed by atoms with Crippen molar-refractivity contribution in [2.45, 2.75) is 110 Å². The van der Waals surface area contributed by atoms with E-state index in [4.69, 9.17) is 0 Å². The number of benzene rings is 1. The number of carbonyl (C=O) groups is 2. The molecule has 1 aliphatic rings. The molecule has 1 aromatic carbocycles. The average molecular weight is 460 g/mol. The van der Waals surface area contributed by atoms with Gasteiger partial charge >= 0.3 is 0 Å². The molecule has 0 fully saturated rings. The van der Waals surface area contributed by atoms with Gasteiger partial charge in [-0.05, 0) is 31.0 Å². The third-order valence-corrected chi connectivity index (χ3v) is 6.62. The summed E-state index contributed by atoms with van der Waals surface area (Å²) in [6.07, 6.45) is 17.6. The Labute approximate surface area is 199 Å². The molecule has 0 aliphatic carbocycles. The van der Waals surface area contributed by atoms with E-state index in [2.05, 4.69) is 6.92 Å². The lowest BCUT2D eigenvalue weighted by Gasteiger charge is -2.26. The number of amides is 1. The zero-order valence-corrected chi connectivity index (χ0v) is 20.6. The molecule has 0 aromatic heterocycles. The molecule has 2 rings (SSSR count). The quantitative estimate of drug-likeness (QED) is 0.244. The Hall–Kier alpha value is -2.17. The minimum absolute atomic E-state index is 0.108. The lowest BCUT2D eigenvalue weighted by Crippen LogP contribution is -2.32. The Morgan fingerprint density at radius 3 is 1.76 bits per heavy atom. The van der Waals surface area contributed by atoms with Crippen LogP contribution in [0.5, 0.6) is 0 Å². The van der Waals surface area contributed by atoms with Gasteiger partial charge in [0.15, 0.2) is 11.5 Å². The fourth-order valence-corrected chi connectivity index (χ4v) is 4.71. The van der Waals surface area contributed by atoms with Crippen LogP contribution in [0.15, 0.2) is 35.6 Å². The Morgan fingerprint density at radius 2 is 1.30 bits per heavy atom. The topological polar surface area (TPSA) is 57.6 Å². The van der Waals surface area contributed by atoms with Crippen LogP contribution in [0.1, 0.15) is 115 Å². The van der Waals surface area contributed by atoms with Crippen LogP contribution >= 0.6 is 0 Å². The molecular formula is C28H42FNO3. The summed E-state index contributed by atoms with van der Waals surface area (Å²) in [5, 5.41) is 10.3. The largest absolute Gasteiger partial charge is 0.503 e. The van der Waals surface area contributed by atoms with Crippen molar-refractivity contribution < 1.29 is 19.1 Å². The van der Waals surface area contributed by atoms with Gasteiger partial charge in [0.2, 0.25) is 0 Å². The molecule has 1 aromatic rings. The predicted molar refractivity (Wildman–Crippen MR) is 132 cm³/mol. The van der Waals surface area contributed by atoms with Gasteiger partial charge in [-0.3, -0.25) is 9.59 Å². The van der Waals surface area contributed by atoms with Gasteiger partial charge in [-0.15, -0.1) is 0 Å². The SMILES string of the molecule is CCCCCCCCCCCCCCCCN1C(=O)C(O)=C(C(C)=O)[C@@H]1c1ccc(F)cc1. The van der Waals surface area contributed by atoms with E-state index < -0.39 is 17.7 Å². The van der Waals surface area contributed by atoms with Crippen molar-refractivity contribution in [3.8, 4) is 0 Å². The van der Waals surface area contributed by atoms with Gasteiger partial charge < -0.3 is 10.0 Å². The average Bonchev–Trinajstić information content (AvgIpc) is 3.05. The maximum Gasteiger partial charge on any atom is 0.290 e. The fraction of sp³-hybridized carbons (Fsp3) is 0.643. The van der Waals surface area contributed by atoms with Gasteiger partial charge in [-0.1, -0.05) is 103 Å². The molecule has 0 unspecified atom stereocenters. The number of halogens is 1. The number of nitrogens with zero attached hydrogens (tertiary/aromatic N) is 1. The molecule has 0 saturated carbocycles. The molecule has 4 nitrogen and oxygen atoms in total. The van der Waals surface area contributed by atoms with E-state index in [-0.39, 0.29) is 17.2 Å². The fourth-order valence-electron chi connectivity index (χ4n) is 4.71. The molecule has 0 bridgehead atoms. The number of hydrogen-bond acceptors (Lipinski definition) is 3. The molecule has 1 atom stereocenters. The van der Waals surface area contributed by atoms with E-state index in [0.29, 0.717) is 12.1 Å². The summed E-state index contributed by atoms with van der Waals surface area (Å²) in [5.74, 6) is -1.69. The van der Waals surface area contributed by atoms with Crippen molar-refractivity contribution in [1.82, 2.24) is 4.90 Å². The van der Waals surface area contributed by atoms with Crippen LogP contribution < -0.4 is 0 Å². The molecule has 0 saturated heterocycles. The van der Waals surface area contributed by atoms with Gasteiger partial charge in [-0.2, -0.15) is 0 Å². The summed E-state index contributed by atoms with van der Waals surface area (Å²) in [6, 6.07) is 5.15. The highest BCUT2D eigenvalue weighted by molar-refractivity contribution is 6.08. The lowest BCUT2D eigenvalue weighted by molar-refractivity contribution is -0.129. The predicted octanol–water partition coefficient (Wildman–Crippen LogP) is 7.59. The summed E-state index contributed by atoms with van der Waals surface area (Å²) < 4.78 is 13.4. The van der Waals surface area contributed by atoms with E-state index >= 15 is 0 Å². The van der Waals surface area contributed by atoms with E-state index in [1.165, 1.54) is 89.7 Å². The lowest BCUT2D eigenvalue weighted by atomic mass is 9.96. The van der Waals surface area contributed by atoms with Crippen LogP contribution in [0.2, 0.25) is 0 Å². The van der Waals surface area contributed by atoms with Crippen LogP contribution in [-0.4, -0.2) is 28.2 Å². The number of carbonyl (C=O) groups excluding carboxylic acids is 2. The molecule has 1 N–H and O–H groups in total. The van der Waals surface area contributed by atoms with E-state index in [1.54, 1.807) is 17.0 Å². The maximum atomic E-state index is 13.4. The van der Waals surface area contributed by atoms with Crippen molar-refractivity contribution in [3.05, 3.63) is 47.0 Å². The summed E-state index contributed by atoms with van der Waals surface area (Å²) in [5.41, 5.74) is 0.751. The molecule has 184 valence electrons. The summed E-state index contributed by atoms with van der Waals surface area (Å²) in [7, 11) is 0. The third-order valence-electron chi connectivity index (χ3n) is 6.62. The Morgan fingerprint density at radius 1 is 0.848 bits per heavy atom. The van der Waals surface area contributed by atoms with E-state index in [0.717, 1.165) is 19.3 Å². The Bertz CT molecular complexity index is 772. The van der Waals surface area contributed by atoms with Crippen molar-refractivity contribution >= 4 is 11.7 Å². The second kappa shape index (κ2) is 14.9. The number of aliphatic hydroxyl groups is 1. The highest BCUT2D eigenvalue weighted by atomic mass is 19.1. The van der Waals surface area contributed by atoms with Gasteiger partial charge in [0.25, 0.3) is 5.91 Å². The Balaban J connectivity index is 1.68. The second-order valence-corrected chi connectivity index (χ2v) is 9.37. The van der Waals surface area contributed by atoms with Crippen LogP contribution in [0, 0.1) is 5.82 Å². The first-order valence-corrected chi connectivity index (χ1v) is 13.0. The summed E-state index contributed by atoms with van der Waals surface area (Å²) >= 11 is 0. The zero-order valence-electron chi connectivity index (χ0n) is 20.6. The maximum absolute atomic E-state index is 13.4. The zero-order chi connectivity index (χ0) is 24.1. The molecule has 1 aliphatic heterocycles. The van der Waals surface area contributed by atoms with Crippen molar-refractivity contribution in [1.29, 1.82) is 0 Å². The first-order valence-electron chi connectivity index (χ1n) is 13.0. The van der Waals surface area contributed by atoms with Crippen LogP contribution in [0.3, 0.4) is 0 Å². The highest BCUT2D eigenvalue weighted by Gasteiger charge is 2.41. The monoisotopic (exact) mass is 459 g/mol.